The third-order valence-electron chi connectivity index (χ3n) is 1.44. The van der Waals surface area contributed by atoms with Crippen LogP contribution in [0.2, 0.25) is 0 Å². The van der Waals surface area contributed by atoms with Crippen molar-refractivity contribution in [2.75, 3.05) is 7.05 Å². The van der Waals surface area contributed by atoms with Crippen molar-refractivity contribution in [1.29, 1.82) is 0 Å². The fraction of sp³-hybridized carbons (Fsp3) is 0.750. The molecule has 0 aliphatic carbocycles. The topological polar surface area (TPSA) is 12.0 Å². The summed E-state index contributed by atoms with van der Waals surface area (Å²) in [6.07, 6.45) is 5.01. The molecule has 0 aromatic carbocycles. The fourth-order valence-electron chi connectivity index (χ4n) is 0.713. The van der Waals surface area contributed by atoms with Gasteiger partial charge in [-0.25, -0.2) is 0 Å². The van der Waals surface area contributed by atoms with Crippen LogP contribution in [0.25, 0.3) is 0 Å². The van der Waals surface area contributed by atoms with Crippen LogP contribution >= 0.6 is 0 Å². The number of rotatable bonds is 5. The quantitative estimate of drug-likeness (QED) is 0.559. The minimum absolute atomic E-state index is 1.13. The molecule has 54 valence electrons. The summed E-state index contributed by atoms with van der Waals surface area (Å²) in [6, 6.07) is 0. The Morgan fingerprint density at radius 2 is 2.11 bits per heavy atom. The highest BCUT2D eigenvalue weighted by atomic mass is 14.8. The van der Waals surface area contributed by atoms with Crippen molar-refractivity contribution in [1.82, 2.24) is 5.32 Å². The number of hydrogen-bond donors (Lipinski definition) is 1. The van der Waals surface area contributed by atoms with E-state index in [1.54, 1.807) is 0 Å². The Morgan fingerprint density at radius 1 is 1.44 bits per heavy atom. The van der Waals surface area contributed by atoms with Crippen molar-refractivity contribution >= 4 is 0 Å². The van der Waals surface area contributed by atoms with Gasteiger partial charge in [0.1, 0.15) is 0 Å². The molecule has 0 radical (unpaired) electrons. The normalized spacial score (nSPS) is 9.11. The van der Waals surface area contributed by atoms with Crippen LogP contribution in [0.3, 0.4) is 0 Å². The van der Waals surface area contributed by atoms with Gasteiger partial charge in [0.2, 0.25) is 0 Å². The number of unbranched alkanes of at least 4 members (excludes halogenated alkanes) is 2. The molecule has 0 amide bonds. The van der Waals surface area contributed by atoms with Crippen molar-refractivity contribution in [2.24, 2.45) is 0 Å². The Labute approximate surface area is 58.2 Å². The van der Waals surface area contributed by atoms with E-state index in [1.165, 1.54) is 19.3 Å². The zero-order valence-electron chi connectivity index (χ0n) is 6.54. The Bertz CT molecular complexity index is 76.6. The average Bonchev–Trinajstić information content (AvgIpc) is 1.89. The maximum absolute atomic E-state index is 3.83. The van der Waals surface area contributed by atoms with Gasteiger partial charge in [-0.3, -0.25) is 0 Å². The van der Waals surface area contributed by atoms with E-state index >= 15 is 0 Å². The molecule has 0 atom stereocenters. The molecule has 1 heteroatoms. The van der Waals surface area contributed by atoms with Gasteiger partial charge >= 0.3 is 0 Å². The summed E-state index contributed by atoms with van der Waals surface area (Å²) in [5.41, 5.74) is 1.16. The van der Waals surface area contributed by atoms with Crippen molar-refractivity contribution in [3.63, 3.8) is 0 Å². The summed E-state index contributed by atoms with van der Waals surface area (Å²) in [5.74, 6) is 0. The Kier molecular flexibility index (Phi) is 5.38. The Hall–Kier alpha value is -0.460. The molecule has 1 N–H and O–H groups in total. The molecule has 0 aliphatic rings. The Balaban J connectivity index is 2.97. The fourth-order valence-corrected chi connectivity index (χ4v) is 0.713. The molecule has 0 aromatic heterocycles. The van der Waals surface area contributed by atoms with Crippen molar-refractivity contribution in [2.45, 2.75) is 32.6 Å². The summed E-state index contributed by atoms with van der Waals surface area (Å²) in [7, 11) is 1.92. The minimum atomic E-state index is 1.13. The molecule has 0 heterocycles. The van der Waals surface area contributed by atoms with Crippen LogP contribution in [0.4, 0.5) is 0 Å². The first-order valence-electron chi connectivity index (χ1n) is 3.66. The van der Waals surface area contributed by atoms with Crippen molar-refractivity contribution in [3.05, 3.63) is 12.3 Å². The van der Waals surface area contributed by atoms with E-state index in [0.717, 1.165) is 12.1 Å². The van der Waals surface area contributed by atoms with Gasteiger partial charge in [-0.2, -0.15) is 0 Å². The maximum atomic E-state index is 3.83. The van der Waals surface area contributed by atoms with Gasteiger partial charge in [0.25, 0.3) is 0 Å². The van der Waals surface area contributed by atoms with Crippen LogP contribution < -0.4 is 5.32 Å². The zero-order valence-corrected chi connectivity index (χ0v) is 6.54. The first kappa shape index (κ1) is 8.54. The molecule has 0 aromatic rings. The molecule has 0 bridgehead atoms. The highest BCUT2D eigenvalue weighted by Gasteiger charge is 1.87. The van der Waals surface area contributed by atoms with Crippen molar-refractivity contribution < 1.29 is 0 Å². The largest absolute Gasteiger partial charge is 0.392 e. The summed E-state index contributed by atoms with van der Waals surface area (Å²) >= 11 is 0. The van der Waals surface area contributed by atoms with Gasteiger partial charge in [-0.1, -0.05) is 26.3 Å². The number of allylic oxidation sites excluding steroid dienone is 1. The molecule has 0 saturated carbocycles. The van der Waals surface area contributed by atoms with E-state index in [9.17, 15) is 0 Å². The molecular formula is C8H17N. The molecular weight excluding hydrogens is 110 g/mol. The second kappa shape index (κ2) is 5.67. The van der Waals surface area contributed by atoms with Gasteiger partial charge < -0.3 is 5.32 Å². The van der Waals surface area contributed by atoms with Crippen LogP contribution in [0.1, 0.15) is 32.6 Å². The minimum Gasteiger partial charge on any atom is -0.392 e. The van der Waals surface area contributed by atoms with Gasteiger partial charge in [-0.05, 0) is 12.8 Å². The van der Waals surface area contributed by atoms with Crippen LogP contribution in [0.15, 0.2) is 12.3 Å². The third-order valence-corrected chi connectivity index (χ3v) is 1.44. The molecule has 0 fully saturated rings. The van der Waals surface area contributed by atoms with Crippen LogP contribution in [-0.2, 0) is 0 Å². The van der Waals surface area contributed by atoms with E-state index in [0.29, 0.717) is 0 Å². The monoisotopic (exact) mass is 127 g/mol. The smallest absolute Gasteiger partial charge is 0.00310 e. The molecule has 0 unspecified atom stereocenters. The molecule has 0 rings (SSSR count). The first-order valence-corrected chi connectivity index (χ1v) is 3.66. The van der Waals surface area contributed by atoms with Crippen molar-refractivity contribution in [3.8, 4) is 0 Å². The lowest BCUT2D eigenvalue weighted by Crippen LogP contribution is -2.03. The second-order valence-corrected chi connectivity index (χ2v) is 2.31. The molecule has 9 heavy (non-hydrogen) atoms. The van der Waals surface area contributed by atoms with E-state index in [-0.39, 0.29) is 0 Å². The second-order valence-electron chi connectivity index (χ2n) is 2.31. The lowest BCUT2D eigenvalue weighted by atomic mass is 10.2. The number of nitrogens with one attached hydrogen (secondary N) is 1. The Morgan fingerprint density at radius 3 is 2.56 bits per heavy atom. The maximum Gasteiger partial charge on any atom is 0.00310 e. The SMILES string of the molecule is C=C(CCCCC)NC. The highest BCUT2D eigenvalue weighted by molar-refractivity contribution is 4.88. The molecule has 1 nitrogen and oxygen atoms in total. The third kappa shape index (κ3) is 5.41. The molecule has 0 spiro atoms. The zero-order chi connectivity index (χ0) is 7.11. The molecule has 0 aliphatic heterocycles. The van der Waals surface area contributed by atoms with E-state index in [4.69, 9.17) is 0 Å². The van der Waals surface area contributed by atoms with Gasteiger partial charge in [-0.15, -0.1) is 0 Å². The standard InChI is InChI=1S/C8H17N/c1-4-5-6-7-8(2)9-3/h9H,2,4-7H2,1,3H3. The average molecular weight is 127 g/mol. The highest BCUT2D eigenvalue weighted by Crippen LogP contribution is 2.02. The summed E-state index contributed by atoms with van der Waals surface area (Å²) in [6.45, 7) is 6.04. The van der Waals surface area contributed by atoms with Gasteiger partial charge in [0.15, 0.2) is 0 Å². The van der Waals surface area contributed by atoms with E-state index < -0.39 is 0 Å². The predicted molar refractivity (Wildman–Crippen MR) is 42.3 cm³/mol. The van der Waals surface area contributed by atoms with E-state index in [2.05, 4.69) is 18.8 Å². The van der Waals surface area contributed by atoms with Gasteiger partial charge in [0, 0.05) is 12.7 Å². The summed E-state index contributed by atoms with van der Waals surface area (Å²) < 4.78 is 0. The van der Waals surface area contributed by atoms with E-state index in [1.807, 2.05) is 7.05 Å². The summed E-state index contributed by atoms with van der Waals surface area (Å²) in [5, 5.41) is 3.03. The van der Waals surface area contributed by atoms with Crippen LogP contribution in [-0.4, -0.2) is 7.05 Å². The first-order chi connectivity index (χ1) is 4.31. The van der Waals surface area contributed by atoms with Crippen LogP contribution in [0.5, 0.6) is 0 Å². The predicted octanol–water partition coefficient (Wildman–Crippen LogP) is 2.30. The lowest BCUT2D eigenvalue weighted by Gasteiger charge is -2.01. The number of hydrogen-bond acceptors (Lipinski definition) is 1. The van der Waals surface area contributed by atoms with Gasteiger partial charge in [0.05, 0.1) is 0 Å². The summed E-state index contributed by atoms with van der Waals surface area (Å²) in [4.78, 5) is 0. The van der Waals surface area contributed by atoms with Crippen LogP contribution in [0, 0.1) is 0 Å². The lowest BCUT2D eigenvalue weighted by molar-refractivity contribution is 0.692. The molecule has 0 saturated heterocycles.